The zero-order chi connectivity index (χ0) is 17.3. The molecular weight excluding hydrogens is 316 g/mol. The topological polar surface area (TPSA) is 24.4 Å². The molecule has 2 heteroatoms. The van der Waals surface area contributed by atoms with Gasteiger partial charge in [-0.2, -0.15) is 0 Å². The van der Waals surface area contributed by atoms with Crippen LogP contribution >= 0.6 is 0 Å². The Balaban J connectivity index is 1.68. The summed E-state index contributed by atoms with van der Waals surface area (Å²) in [6.07, 6.45) is 2.13. The van der Waals surface area contributed by atoms with E-state index in [1.165, 1.54) is 28.0 Å². The van der Waals surface area contributed by atoms with Crippen LogP contribution in [0.5, 0.6) is 0 Å². The number of nitrogens with zero attached hydrogens (tertiary/aromatic N) is 1. The lowest BCUT2D eigenvalue weighted by Gasteiger charge is -2.33. The molecule has 0 saturated carbocycles. The normalized spacial score (nSPS) is 18.5. The second-order valence-electron chi connectivity index (χ2n) is 6.84. The van der Waals surface area contributed by atoms with Crippen LogP contribution in [0.4, 0.5) is 0 Å². The quantitative estimate of drug-likeness (QED) is 0.689. The van der Waals surface area contributed by atoms with Gasteiger partial charge < -0.3 is 5.32 Å². The van der Waals surface area contributed by atoms with Crippen molar-refractivity contribution in [3.63, 3.8) is 0 Å². The zero-order valence-electron chi connectivity index (χ0n) is 14.5. The highest BCUT2D eigenvalue weighted by Gasteiger charge is 2.30. The van der Waals surface area contributed by atoms with Gasteiger partial charge in [0, 0.05) is 16.8 Å². The first-order valence-corrected chi connectivity index (χ1v) is 9.16. The van der Waals surface area contributed by atoms with E-state index in [9.17, 15) is 0 Å². The molecule has 0 radical (unpaired) electrons. The van der Waals surface area contributed by atoms with E-state index in [0.717, 1.165) is 24.2 Å². The Morgan fingerprint density at radius 1 is 0.731 bits per heavy atom. The Kier molecular flexibility index (Phi) is 3.67. The van der Waals surface area contributed by atoms with Gasteiger partial charge in [0.15, 0.2) is 0 Å². The van der Waals surface area contributed by atoms with Gasteiger partial charge in [0.25, 0.3) is 0 Å². The molecule has 26 heavy (non-hydrogen) atoms. The Morgan fingerprint density at radius 2 is 1.42 bits per heavy atom. The number of hydrogen-bond donors (Lipinski definition) is 1. The van der Waals surface area contributed by atoms with E-state index in [2.05, 4.69) is 84.2 Å². The number of benzene rings is 3. The largest absolute Gasteiger partial charge is 0.339 e. The van der Waals surface area contributed by atoms with Crippen molar-refractivity contribution >= 4 is 11.5 Å². The maximum absolute atomic E-state index is 5.13. The fourth-order valence-electron chi connectivity index (χ4n) is 3.98. The first kappa shape index (κ1) is 15.2. The molecule has 0 bridgehead atoms. The Bertz CT molecular complexity index is 1000. The number of nitrogens with one attached hydrogen (secondary N) is 1. The predicted molar refractivity (Wildman–Crippen MR) is 107 cm³/mol. The summed E-state index contributed by atoms with van der Waals surface area (Å²) in [7, 11) is 0. The summed E-state index contributed by atoms with van der Waals surface area (Å²) in [6, 6.07) is 29.9. The molecule has 2 nitrogen and oxygen atoms in total. The Labute approximate surface area is 153 Å². The molecule has 1 heterocycles. The lowest BCUT2D eigenvalue weighted by Crippen LogP contribution is -2.32. The van der Waals surface area contributed by atoms with Gasteiger partial charge in [0.1, 0.15) is 11.9 Å². The highest BCUT2D eigenvalue weighted by Crippen LogP contribution is 2.41. The van der Waals surface area contributed by atoms with E-state index < -0.39 is 0 Å². The van der Waals surface area contributed by atoms with E-state index in [1.54, 1.807) is 0 Å². The Hall–Kier alpha value is -3.13. The van der Waals surface area contributed by atoms with Crippen LogP contribution in [-0.2, 0) is 6.42 Å². The summed E-state index contributed by atoms with van der Waals surface area (Å²) < 4.78 is 0. The van der Waals surface area contributed by atoms with Crippen molar-refractivity contribution in [2.75, 3.05) is 0 Å². The molecule has 1 atom stereocenters. The van der Waals surface area contributed by atoms with Gasteiger partial charge in [-0.1, -0.05) is 84.9 Å². The monoisotopic (exact) mass is 336 g/mol. The molecule has 1 aliphatic carbocycles. The van der Waals surface area contributed by atoms with E-state index in [0.29, 0.717) is 0 Å². The van der Waals surface area contributed by atoms with E-state index in [-0.39, 0.29) is 6.04 Å². The number of aliphatic imine (C=N–C) groups is 1. The number of fused-ring (bicyclic) bond motifs is 2. The van der Waals surface area contributed by atoms with Crippen LogP contribution in [-0.4, -0.2) is 5.84 Å². The van der Waals surface area contributed by atoms with Gasteiger partial charge in [0.2, 0.25) is 0 Å². The number of amidine groups is 1. The predicted octanol–water partition coefficient (Wildman–Crippen LogP) is 5.14. The fourth-order valence-corrected chi connectivity index (χ4v) is 3.98. The second kappa shape index (κ2) is 6.30. The minimum Gasteiger partial charge on any atom is -0.339 e. The molecular formula is C24H20N2. The van der Waals surface area contributed by atoms with E-state index >= 15 is 0 Å². The van der Waals surface area contributed by atoms with Crippen molar-refractivity contribution in [1.82, 2.24) is 5.32 Å². The van der Waals surface area contributed by atoms with Gasteiger partial charge in [-0.3, -0.25) is 4.99 Å². The molecule has 2 aliphatic rings. The van der Waals surface area contributed by atoms with Crippen molar-refractivity contribution in [2.24, 2.45) is 4.99 Å². The van der Waals surface area contributed by atoms with Crippen LogP contribution < -0.4 is 5.32 Å². The van der Waals surface area contributed by atoms with Crippen LogP contribution in [0.15, 0.2) is 95.5 Å². The van der Waals surface area contributed by atoms with Crippen molar-refractivity contribution in [3.8, 4) is 0 Å². The molecule has 126 valence electrons. The highest BCUT2D eigenvalue weighted by atomic mass is 15.1. The lowest BCUT2D eigenvalue weighted by molar-refractivity contribution is 0.737. The van der Waals surface area contributed by atoms with Crippen LogP contribution in [0.3, 0.4) is 0 Å². The molecule has 5 rings (SSSR count). The molecule has 0 saturated heterocycles. The molecule has 1 aliphatic heterocycles. The average Bonchev–Trinajstić information content (AvgIpc) is 2.74. The molecule has 0 fully saturated rings. The third kappa shape index (κ3) is 2.55. The standard InChI is InChI=1S/C24H20N2/c1-3-10-18(11-4-1)22-21-16-15-17-9-7-8-14-20(17)23(21)26-24(25-22)19-12-5-2-6-13-19/h1-14,22H,15-16H2,(H,25,26). The van der Waals surface area contributed by atoms with Crippen LogP contribution in [0.25, 0.3) is 5.70 Å². The van der Waals surface area contributed by atoms with Crippen LogP contribution in [0.1, 0.15) is 34.7 Å². The zero-order valence-corrected chi connectivity index (χ0v) is 14.5. The summed E-state index contributed by atoms with van der Waals surface area (Å²) in [6.45, 7) is 0. The van der Waals surface area contributed by atoms with E-state index in [4.69, 9.17) is 4.99 Å². The maximum atomic E-state index is 5.13. The first-order chi connectivity index (χ1) is 12.9. The smallest absolute Gasteiger partial charge is 0.133 e. The molecule has 3 aromatic rings. The van der Waals surface area contributed by atoms with Gasteiger partial charge in [0.05, 0.1) is 0 Å². The third-order valence-corrected chi connectivity index (χ3v) is 5.27. The molecule has 3 aromatic carbocycles. The first-order valence-electron chi connectivity index (χ1n) is 9.16. The van der Waals surface area contributed by atoms with Crippen LogP contribution in [0.2, 0.25) is 0 Å². The minimum absolute atomic E-state index is 0.0796. The third-order valence-electron chi connectivity index (χ3n) is 5.27. The summed E-state index contributed by atoms with van der Waals surface area (Å²) in [4.78, 5) is 5.13. The summed E-state index contributed by atoms with van der Waals surface area (Å²) in [5, 5.41) is 3.66. The SMILES string of the molecule is c1ccc(C2=NC(c3ccccc3)C3=C(N2)c2ccccc2CC3)cc1. The highest BCUT2D eigenvalue weighted by molar-refractivity contribution is 6.05. The van der Waals surface area contributed by atoms with Gasteiger partial charge in [-0.05, 0) is 29.5 Å². The lowest BCUT2D eigenvalue weighted by atomic mass is 9.83. The van der Waals surface area contributed by atoms with Crippen molar-refractivity contribution < 1.29 is 0 Å². The fraction of sp³-hybridized carbons (Fsp3) is 0.125. The molecule has 1 N–H and O–H groups in total. The summed E-state index contributed by atoms with van der Waals surface area (Å²) in [5.41, 5.74) is 7.76. The molecule has 0 spiro atoms. The molecule has 1 unspecified atom stereocenters. The van der Waals surface area contributed by atoms with Gasteiger partial charge >= 0.3 is 0 Å². The molecule has 0 aromatic heterocycles. The van der Waals surface area contributed by atoms with Crippen LogP contribution in [0, 0.1) is 0 Å². The summed E-state index contributed by atoms with van der Waals surface area (Å²) >= 11 is 0. The molecule has 0 amide bonds. The van der Waals surface area contributed by atoms with Crippen molar-refractivity contribution in [3.05, 3.63) is 113 Å². The van der Waals surface area contributed by atoms with E-state index in [1.807, 2.05) is 6.07 Å². The van der Waals surface area contributed by atoms with Crippen molar-refractivity contribution in [1.29, 1.82) is 0 Å². The van der Waals surface area contributed by atoms with Gasteiger partial charge in [-0.15, -0.1) is 0 Å². The number of rotatable bonds is 2. The average molecular weight is 336 g/mol. The minimum atomic E-state index is 0.0796. The number of hydrogen-bond acceptors (Lipinski definition) is 2. The number of aryl methyl sites for hydroxylation is 1. The van der Waals surface area contributed by atoms with Gasteiger partial charge in [-0.25, -0.2) is 0 Å². The second-order valence-corrected chi connectivity index (χ2v) is 6.84. The summed E-state index contributed by atoms with van der Waals surface area (Å²) in [5.74, 6) is 0.954. The maximum Gasteiger partial charge on any atom is 0.133 e. The van der Waals surface area contributed by atoms with Crippen molar-refractivity contribution in [2.45, 2.75) is 18.9 Å². The Morgan fingerprint density at radius 3 is 2.23 bits per heavy atom.